The minimum absolute atomic E-state index is 0.218. The second-order valence-corrected chi connectivity index (χ2v) is 7.12. The maximum Gasteiger partial charge on any atom is 0.407 e. The first-order valence-electron chi connectivity index (χ1n) is 10.7. The Labute approximate surface area is 189 Å². The van der Waals surface area contributed by atoms with Crippen molar-refractivity contribution in [1.29, 1.82) is 0 Å². The minimum Gasteiger partial charge on any atom is -0.497 e. The molecule has 2 aromatic rings. The second kappa shape index (κ2) is 14.6. The van der Waals surface area contributed by atoms with Gasteiger partial charge in [-0.1, -0.05) is 37.1 Å². The van der Waals surface area contributed by atoms with Gasteiger partial charge in [0.05, 0.1) is 14.2 Å². The van der Waals surface area contributed by atoms with Crippen molar-refractivity contribution < 1.29 is 28.5 Å². The molecule has 0 heterocycles. The van der Waals surface area contributed by atoms with Gasteiger partial charge in [0.25, 0.3) is 0 Å². The van der Waals surface area contributed by atoms with Crippen LogP contribution in [0.15, 0.2) is 48.5 Å². The van der Waals surface area contributed by atoms with Crippen LogP contribution in [0.2, 0.25) is 0 Å². The van der Waals surface area contributed by atoms with E-state index in [0.717, 1.165) is 48.3 Å². The molecule has 0 aromatic heterocycles. The molecule has 0 bridgehead atoms. The van der Waals surface area contributed by atoms with Gasteiger partial charge >= 0.3 is 12.2 Å². The number of ether oxygens (including phenoxy) is 4. The second-order valence-electron chi connectivity index (χ2n) is 7.12. The van der Waals surface area contributed by atoms with Crippen molar-refractivity contribution in [2.45, 2.75) is 38.9 Å². The molecular formula is C24H32N2O6. The summed E-state index contributed by atoms with van der Waals surface area (Å²) in [6.45, 7) is 1.55. The lowest BCUT2D eigenvalue weighted by Gasteiger charge is -2.08. The van der Waals surface area contributed by atoms with E-state index in [2.05, 4.69) is 10.6 Å². The number of alkyl carbamates (subject to hydrolysis) is 2. The molecule has 0 aliphatic rings. The summed E-state index contributed by atoms with van der Waals surface area (Å²) in [5, 5.41) is 5.48. The third-order valence-corrected chi connectivity index (χ3v) is 4.70. The third-order valence-electron chi connectivity index (χ3n) is 4.70. The fourth-order valence-electron chi connectivity index (χ4n) is 2.83. The van der Waals surface area contributed by atoms with Crippen LogP contribution in [0, 0.1) is 0 Å². The number of hydrogen-bond acceptors (Lipinski definition) is 6. The number of rotatable bonds is 13. The van der Waals surface area contributed by atoms with Crippen LogP contribution in [0.5, 0.6) is 11.5 Å². The first-order chi connectivity index (χ1) is 15.6. The van der Waals surface area contributed by atoms with Crippen molar-refractivity contribution in [3.8, 4) is 11.5 Å². The molecule has 0 fully saturated rings. The quantitative estimate of drug-likeness (QED) is 0.444. The van der Waals surface area contributed by atoms with Crippen molar-refractivity contribution in [3.05, 3.63) is 59.7 Å². The standard InChI is InChI=1S/C24H32N2O6/c1-29-21-11-7-19(8-12-21)17-31-23(27)25-15-5-3-4-6-16-26-24(28)32-18-20-9-13-22(30-2)14-10-20/h7-14H,3-6,15-18H2,1-2H3,(H,25,27)(H,26,28). The smallest absolute Gasteiger partial charge is 0.407 e. The van der Waals surface area contributed by atoms with Crippen LogP contribution in [-0.4, -0.2) is 39.5 Å². The minimum atomic E-state index is -0.429. The van der Waals surface area contributed by atoms with Gasteiger partial charge in [-0.3, -0.25) is 0 Å². The molecule has 2 amide bonds. The van der Waals surface area contributed by atoms with E-state index in [4.69, 9.17) is 18.9 Å². The van der Waals surface area contributed by atoms with Crippen LogP contribution >= 0.6 is 0 Å². The summed E-state index contributed by atoms with van der Waals surface area (Å²) in [6.07, 6.45) is 2.73. The van der Waals surface area contributed by atoms with Crippen LogP contribution in [0.1, 0.15) is 36.8 Å². The number of nitrogens with one attached hydrogen (secondary N) is 2. The number of benzene rings is 2. The fourth-order valence-corrected chi connectivity index (χ4v) is 2.83. The molecule has 2 rings (SSSR count). The number of methoxy groups -OCH3 is 2. The Hall–Kier alpha value is -3.42. The van der Waals surface area contributed by atoms with E-state index in [1.54, 1.807) is 14.2 Å². The maximum atomic E-state index is 11.7. The van der Waals surface area contributed by atoms with Crippen molar-refractivity contribution in [2.75, 3.05) is 27.3 Å². The Morgan fingerprint density at radius 2 is 1.00 bits per heavy atom. The monoisotopic (exact) mass is 444 g/mol. The van der Waals surface area contributed by atoms with Crippen LogP contribution in [0.25, 0.3) is 0 Å². The first kappa shape index (κ1) is 24.8. The molecule has 8 heteroatoms. The van der Waals surface area contributed by atoms with E-state index in [1.807, 2.05) is 48.5 Å². The van der Waals surface area contributed by atoms with Gasteiger partial charge in [0, 0.05) is 13.1 Å². The van der Waals surface area contributed by atoms with E-state index in [9.17, 15) is 9.59 Å². The van der Waals surface area contributed by atoms with Gasteiger partial charge in [0.15, 0.2) is 0 Å². The average molecular weight is 445 g/mol. The van der Waals surface area contributed by atoms with Gasteiger partial charge in [-0.25, -0.2) is 9.59 Å². The van der Waals surface area contributed by atoms with Crippen molar-refractivity contribution in [1.82, 2.24) is 10.6 Å². The SMILES string of the molecule is COc1ccc(COC(=O)NCCCCCCNC(=O)OCc2ccc(OC)cc2)cc1. The summed E-state index contributed by atoms with van der Waals surface area (Å²) in [5.41, 5.74) is 1.80. The van der Waals surface area contributed by atoms with Crippen molar-refractivity contribution in [3.63, 3.8) is 0 Å². The summed E-state index contributed by atoms with van der Waals surface area (Å²) in [5.74, 6) is 1.53. The van der Waals surface area contributed by atoms with E-state index in [-0.39, 0.29) is 13.2 Å². The van der Waals surface area contributed by atoms with Gasteiger partial charge in [0.2, 0.25) is 0 Å². The number of unbranched alkanes of at least 4 members (excludes halogenated alkanes) is 3. The first-order valence-corrected chi connectivity index (χ1v) is 10.7. The summed E-state index contributed by atoms with van der Waals surface area (Å²) < 4.78 is 20.5. The summed E-state index contributed by atoms with van der Waals surface area (Å²) >= 11 is 0. The summed E-state index contributed by atoms with van der Waals surface area (Å²) in [7, 11) is 3.21. The Morgan fingerprint density at radius 3 is 1.34 bits per heavy atom. The van der Waals surface area contributed by atoms with Crippen LogP contribution in [-0.2, 0) is 22.7 Å². The Kier molecular flexibility index (Phi) is 11.3. The molecule has 0 radical (unpaired) electrons. The van der Waals surface area contributed by atoms with E-state index in [1.165, 1.54) is 0 Å². The molecule has 32 heavy (non-hydrogen) atoms. The zero-order valence-electron chi connectivity index (χ0n) is 18.7. The Balaban J connectivity index is 1.42. The number of amides is 2. The molecule has 2 aromatic carbocycles. The molecule has 2 N–H and O–H groups in total. The summed E-state index contributed by atoms with van der Waals surface area (Å²) in [6, 6.07) is 14.7. The van der Waals surface area contributed by atoms with Crippen molar-refractivity contribution in [2.24, 2.45) is 0 Å². The fraction of sp³-hybridized carbons (Fsp3) is 0.417. The number of carbonyl (C=O) groups excluding carboxylic acids is 2. The average Bonchev–Trinajstić information content (AvgIpc) is 2.83. The number of hydrogen-bond donors (Lipinski definition) is 2. The third kappa shape index (κ3) is 10.1. The lowest BCUT2D eigenvalue weighted by molar-refractivity contribution is 0.138. The maximum absolute atomic E-state index is 11.7. The normalized spacial score (nSPS) is 10.2. The van der Waals surface area contributed by atoms with Gasteiger partial charge in [0.1, 0.15) is 24.7 Å². The van der Waals surface area contributed by atoms with E-state index < -0.39 is 12.2 Å². The molecule has 0 atom stereocenters. The van der Waals surface area contributed by atoms with Gasteiger partial charge in [-0.05, 0) is 48.2 Å². The van der Waals surface area contributed by atoms with Crippen LogP contribution < -0.4 is 20.1 Å². The molecule has 0 unspecified atom stereocenters. The zero-order valence-corrected chi connectivity index (χ0v) is 18.7. The highest BCUT2D eigenvalue weighted by Crippen LogP contribution is 2.13. The van der Waals surface area contributed by atoms with Crippen molar-refractivity contribution >= 4 is 12.2 Å². The molecular weight excluding hydrogens is 412 g/mol. The van der Waals surface area contributed by atoms with Crippen LogP contribution in [0.4, 0.5) is 9.59 Å². The lowest BCUT2D eigenvalue weighted by atomic mass is 10.2. The highest BCUT2D eigenvalue weighted by Gasteiger charge is 2.04. The molecule has 0 saturated carbocycles. The molecule has 0 aliphatic heterocycles. The Morgan fingerprint density at radius 1 is 0.625 bits per heavy atom. The highest BCUT2D eigenvalue weighted by atomic mass is 16.6. The van der Waals surface area contributed by atoms with Crippen LogP contribution in [0.3, 0.4) is 0 Å². The largest absolute Gasteiger partial charge is 0.497 e. The zero-order chi connectivity index (χ0) is 23.0. The predicted octanol–water partition coefficient (Wildman–Crippen LogP) is 4.42. The topological polar surface area (TPSA) is 95.1 Å². The molecule has 0 spiro atoms. The van der Waals surface area contributed by atoms with Gasteiger partial charge in [-0.15, -0.1) is 0 Å². The molecule has 0 saturated heterocycles. The predicted molar refractivity (Wildman–Crippen MR) is 121 cm³/mol. The van der Waals surface area contributed by atoms with E-state index >= 15 is 0 Å². The van der Waals surface area contributed by atoms with Gasteiger partial charge < -0.3 is 29.6 Å². The van der Waals surface area contributed by atoms with E-state index in [0.29, 0.717) is 13.1 Å². The summed E-state index contributed by atoms with van der Waals surface area (Å²) in [4.78, 5) is 23.4. The molecule has 174 valence electrons. The number of carbonyl (C=O) groups is 2. The lowest BCUT2D eigenvalue weighted by Crippen LogP contribution is -2.26. The molecule has 8 nitrogen and oxygen atoms in total. The Bertz CT molecular complexity index is 739. The molecule has 0 aliphatic carbocycles. The highest BCUT2D eigenvalue weighted by molar-refractivity contribution is 5.67. The van der Waals surface area contributed by atoms with Gasteiger partial charge in [-0.2, -0.15) is 0 Å².